The molecule has 0 aliphatic heterocycles. The van der Waals surface area contributed by atoms with Crippen LogP contribution >= 0.6 is 0 Å². The number of fused-ring (bicyclic) bond motifs is 2. The van der Waals surface area contributed by atoms with E-state index in [4.69, 9.17) is 0 Å². The van der Waals surface area contributed by atoms with Gasteiger partial charge in [0.25, 0.3) is 0 Å². The van der Waals surface area contributed by atoms with E-state index in [1.165, 1.54) is 37.8 Å². The zero-order valence-electron chi connectivity index (χ0n) is 22.8. The van der Waals surface area contributed by atoms with Gasteiger partial charge in [0.2, 0.25) is 5.91 Å². The van der Waals surface area contributed by atoms with Crippen molar-refractivity contribution < 1.29 is 18.7 Å². The molecule has 2 fully saturated rings. The number of ether oxygens (including phenoxy) is 1. The van der Waals surface area contributed by atoms with Gasteiger partial charge in [-0.15, -0.1) is 0 Å². The summed E-state index contributed by atoms with van der Waals surface area (Å²) < 4.78 is 19.4. The summed E-state index contributed by atoms with van der Waals surface area (Å²) in [6.45, 7) is 0.343. The van der Waals surface area contributed by atoms with Gasteiger partial charge in [-0.25, -0.2) is 9.18 Å². The van der Waals surface area contributed by atoms with Crippen LogP contribution in [0.5, 0.6) is 0 Å². The first-order chi connectivity index (χ1) is 18.8. The maximum absolute atomic E-state index is 14.8. The third kappa shape index (κ3) is 6.06. The zero-order chi connectivity index (χ0) is 27.5. The molecular formula is C33H35FN2O3. The number of hydrogen-bond acceptors (Lipinski definition) is 4. The SMILES string of the molecule is COC(=O)/C=C/c1cc(F)cc(N(Cc2ccc(-c3ccc(N(C)C)cc3)cc2)C(=O)[C@@H]2C[C@H]3CC[C@@H]2C3)c1. The van der Waals surface area contributed by atoms with E-state index >= 15 is 0 Å². The fourth-order valence-electron chi connectivity index (χ4n) is 6.06. The van der Waals surface area contributed by atoms with Gasteiger partial charge >= 0.3 is 5.97 Å². The smallest absolute Gasteiger partial charge is 0.330 e. The lowest BCUT2D eigenvalue weighted by Crippen LogP contribution is -2.38. The van der Waals surface area contributed by atoms with E-state index in [9.17, 15) is 14.0 Å². The second-order valence-electron chi connectivity index (χ2n) is 10.9. The summed E-state index contributed by atoms with van der Waals surface area (Å²) >= 11 is 0. The van der Waals surface area contributed by atoms with E-state index in [1.54, 1.807) is 11.0 Å². The van der Waals surface area contributed by atoms with Gasteiger partial charge in [0.05, 0.1) is 13.7 Å². The van der Waals surface area contributed by atoms with Gasteiger partial charge in [-0.3, -0.25) is 4.79 Å². The van der Waals surface area contributed by atoms with Gasteiger partial charge in [0.15, 0.2) is 0 Å². The molecule has 3 aromatic rings. The average Bonchev–Trinajstić information content (AvgIpc) is 3.58. The first-order valence-electron chi connectivity index (χ1n) is 13.6. The van der Waals surface area contributed by atoms with Gasteiger partial charge in [-0.1, -0.05) is 42.8 Å². The minimum Gasteiger partial charge on any atom is -0.466 e. The number of amides is 1. The fourth-order valence-corrected chi connectivity index (χ4v) is 6.06. The first-order valence-corrected chi connectivity index (χ1v) is 13.6. The number of esters is 1. The highest BCUT2D eigenvalue weighted by Crippen LogP contribution is 2.49. The van der Waals surface area contributed by atoms with Gasteiger partial charge in [-0.05, 0) is 89.8 Å². The monoisotopic (exact) mass is 526 g/mol. The quantitative estimate of drug-likeness (QED) is 0.242. The molecule has 0 unspecified atom stereocenters. The molecule has 2 bridgehead atoms. The van der Waals surface area contributed by atoms with Crippen LogP contribution in [-0.2, 0) is 20.9 Å². The predicted molar refractivity (Wildman–Crippen MR) is 154 cm³/mol. The van der Waals surface area contributed by atoms with E-state index in [-0.39, 0.29) is 11.8 Å². The van der Waals surface area contributed by atoms with Crippen molar-refractivity contribution in [2.75, 3.05) is 31.0 Å². The maximum atomic E-state index is 14.8. The molecule has 5 rings (SSSR count). The molecule has 5 nitrogen and oxygen atoms in total. The van der Waals surface area contributed by atoms with E-state index in [1.807, 2.05) is 26.2 Å². The normalized spacial score (nSPS) is 19.8. The number of methoxy groups -OCH3 is 1. The summed E-state index contributed by atoms with van der Waals surface area (Å²) in [5, 5.41) is 0. The number of nitrogens with zero attached hydrogens (tertiary/aromatic N) is 2. The van der Waals surface area contributed by atoms with Crippen molar-refractivity contribution in [2.24, 2.45) is 17.8 Å². The Bertz CT molecular complexity index is 1360. The van der Waals surface area contributed by atoms with Crippen molar-refractivity contribution in [1.82, 2.24) is 0 Å². The lowest BCUT2D eigenvalue weighted by Gasteiger charge is -2.30. The molecule has 2 aliphatic rings. The molecule has 202 valence electrons. The third-order valence-electron chi connectivity index (χ3n) is 8.16. The Morgan fingerprint density at radius 3 is 2.21 bits per heavy atom. The van der Waals surface area contributed by atoms with Crippen LogP contribution in [0.25, 0.3) is 17.2 Å². The molecule has 39 heavy (non-hydrogen) atoms. The molecule has 0 aromatic heterocycles. The topological polar surface area (TPSA) is 49.9 Å². The number of rotatable bonds is 8. The molecule has 2 saturated carbocycles. The van der Waals surface area contributed by atoms with E-state index in [0.717, 1.165) is 41.6 Å². The Kier molecular flexibility index (Phi) is 7.82. The molecule has 6 heteroatoms. The molecule has 3 aromatic carbocycles. The minimum atomic E-state index is -0.521. The molecular weight excluding hydrogens is 491 g/mol. The number of halogens is 1. The highest BCUT2D eigenvalue weighted by atomic mass is 19.1. The zero-order valence-corrected chi connectivity index (χ0v) is 22.8. The average molecular weight is 527 g/mol. The van der Waals surface area contributed by atoms with Gasteiger partial charge < -0.3 is 14.5 Å². The van der Waals surface area contributed by atoms with Crippen molar-refractivity contribution in [2.45, 2.75) is 32.2 Å². The molecule has 2 aliphatic carbocycles. The standard InChI is InChI=1S/C33H35FN2O3/c1-35(2)29-13-11-26(12-14-29)25-8-4-22(5-9-25)21-36(33(38)31-19-23-6-10-27(31)16-23)30-18-24(17-28(34)20-30)7-15-32(37)39-3/h4-5,7-9,11-15,17-18,20,23,27,31H,6,10,16,19,21H2,1-3H3/b15-7+/t23-,27+,31+/m0/s1. The second kappa shape index (κ2) is 11.4. The lowest BCUT2D eigenvalue weighted by molar-refractivity contribution is -0.134. The lowest BCUT2D eigenvalue weighted by atomic mass is 9.87. The van der Waals surface area contributed by atoms with Gasteiger partial charge in [-0.2, -0.15) is 0 Å². The van der Waals surface area contributed by atoms with Crippen LogP contribution in [0.4, 0.5) is 15.8 Å². The summed E-state index contributed by atoms with van der Waals surface area (Å²) in [6, 6.07) is 21.1. The summed E-state index contributed by atoms with van der Waals surface area (Å²) in [7, 11) is 5.33. The summed E-state index contributed by atoms with van der Waals surface area (Å²) in [4.78, 5) is 29.3. The number of carbonyl (C=O) groups is 2. The highest BCUT2D eigenvalue weighted by molar-refractivity contribution is 5.96. The second-order valence-corrected chi connectivity index (χ2v) is 10.9. The molecule has 0 radical (unpaired) electrons. The first kappa shape index (κ1) is 26.7. The number of hydrogen-bond donors (Lipinski definition) is 0. The van der Waals surface area contributed by atoms with Crippen LogP contribution in [0.15, 0.2) is 72.8 Å². The van der Waals surface area contributed by atoms with Crippen molar-refractivity contribution in [3.05, 3.63) is 89.8 Å². The molecule has 0 N–H and O–H groups in total. The van der Waals surface area contributed by atoms with E-state index in [0.29, 0.717) is 29.6 Å². The van der Waals surface area contributed by atoms with Crippen LogP contribution in [-0.4, -0.2) is 33.1 Å². The van der Waals surface area contributed by atoms with Crippen LogP contribution in [0.3, 0.4) is 0 Å². The van der Waals surface area contributed by atoms with E-state index < -0.39 is 11.8 Å². The molecule has 0 saturated heterocycles. The Morgan fingerprint density at radius 2 is 1.62 bits per heavy atom. The van der Waals surface area contributed by atoms with Crippen molar-refractivity contribution in [1.29, 1.82) is 0 Å². The summed E-state index contributed by atoms with van der Waals surface area (Å²) in [6.07, 6.45) is 7.08. The van der Waals surface area contributed by atoms with Gasteiger partial charge in [0, 0.05) is 37.5 Å². The highest BCUT2D eigenvalue weighted by Gasteiger charge is 2.44. The predicted octanol–water partition coefficient (Wildman–Crippen LogP) is 6.71. The Balaban J connectivity index is 1.43. The van der Waals surface area contributed by atoms with Crippen LogP contribution in [0.1, 0.15) is 36.8 Å². The van der Waals surface area contributed by atoms with E-state index in [2.05, 4.69) is 46.0 Å². The Morgan fingerprint density at radius 1 is 0.923 bits per heavy atom. The van der Waals surface area contributed by atoms with Crippen molar-refractivity contribution in [3.63, 3.8) is 0 Å². The summed E-state index contributed by atoms with van der Waals surface area (Å²) in [5.41, 5.74) is 5.32. The Labute approximate surface area is 229 Å². The molecule has 1 amide bonds. The largest absolute Gasteiger partial charge is 0.466 e. The molecule has 0 spiro atoms. The number of carbonyl (C=O) groups excluding carboxylic acids is 2. The van der Waals surface area contributed by atoms with Crippen LogP contribution < -0.4 is 9.80 Å². The Hall–Kier alpha value is -3.93. The maximum Gasteiger partial charge on any atom is 0.330 e. The van der Waals surface area contributed by atoms with Crippen molar-refractivity contribution >= 4 is 29.3 Å². The summed E-state index contributed by atoms with van der Waals surface area (Å²) in [5.74, 6) is 0.0702. The number of benzene rings is 3. The van der Waals surface area contributed by atoms with Gasteiger partial charge in [0.1, 0.15) is 5.82 Å². The van der Waals surface area contributed by atoms with Crippen molar-refractivity contribution in [3.8, 4) is 11.1 Å². The third-order valence-corrected chi connectivity index (χ3v) is 8.16. The molecule has 0 heterocycles. The minimum absolute atomic E-state index is 0.0319. The van der Waals surface area contributed by atoms with Crippen LogP contribution in [0.2, 0.25) is 0 Å². The number of anilines is 2. The fraction of sp³-hybridized carbons (Fsp3) is 0.333. The molecule has 3 atom stereocenters. The van der Waals surface area contributed by atoms with Crippen LogP contribution in [0, 0.1) is 23.6 Å².